The van der Waals surface area contributed by atoms with Crippen LogP contribution in [0.2, 0.25) is 5.02 Å². The van der Waals surface area contributed by atoms with Crippen molar-refractivity contribution in [1.82, 2.24) is 14.8 Å². The second kappa shape index (κ2) is 8.06. The van der Waals surface area contributed by atoms with Gasteiger partial charge in [0.15, 0.2) is 0 Å². The quantitative estimate of drug-likeness (QED) is 0.880. The fraction of sp³-hybridized carbons (Fsp3) is 0.350. The molecule has 0 unspecified atom stereocenters. The molecular formula is C20H23ClN4O2. The van der Waals surface area contributed by atoms with Gasteiger partial charge in [-0.25, -0.2) is 0 Å². The maximum Gasteiger partial charge on any atom is 0.274 e. The number of halogens is 1. The third kappa shape index (κ3) is 4.46. The number of nitrogens with zero attached hydrogens (tertiary/aromatic N) is 3. The summed E-state index contributed by atoms with van der Waals surface area (Å²) >= 11 is 6.26. The molecule has 1 aromatic carbocycles. The van der Waals surface area contributed by atoms with Crippen molar-refractivity contribution in [2.45, 2.75) is 13.8 Å². The number of rotatable bonds is 3. The van der Waals surface area contributed by atoms with E-state index >= 15 is 0 Å². The van der Waals surface area contributed by atoms with Crippen molar-refractivity contribution < 1.29 is 9.59 Å². The summed E-state index contributed by atoms with van der Waals surface area (Å²) in [5.74, 6) is -0.471. The number of hydrogen-bond donors (Lipinski definition) is 1. The van der Waals surface area contributed by atoms with E-state index in [0.717, 1.165) is 24.2 Å². The van der Waals surface area contributed by atoms with Crippen molar-refractivity contribution in [2.75, 3.05) is 38.5 Å². The summed E-state index contributed by atoms with van der Waals surface area (Å²) in [6.07, 6.45) is 1.49. The maximum absolute atomic E-state index is 12.7. The third-order valence-electron chi connectivity index (χ3n) is 4.70. The Bertz CT molecular complexity index is 853. The second-order valence-corrected chi connectivity index (χ2v) is 7.33. The smallest absolute Gasteiger partial charge is 0.274 e. The number of likely N-dealkylation sites (N-methyl/N-ethyl adjacent to an activating group) is 1. The first-order valence-electron chi connectivity index (χ1n) is 8.87. The molecule has 142 valence electrons. The molecule has 6 nitrogen and oxygen atoms in total. The van der Waals surface area contributed by atoms with Crippen LogP contribution in [0.3, 0.4) is 0 Å². The molecule has 3 rings (SSSR count). The van der Waals surface area contributed by atoms with Crippen LogP contribution in [0.4, 0.5) is 5.69 Å². The van der Waals surface area contributed by atoms with E-state index in [1.807, 2.05) is 27.0 Å². The number of carbonyl (C=O) groups excluding carboxylic acids is 2. The van der Waals surface area contributed by atoms with Gasteiger partial charge in [0.2, 0.25) is 0 Å². The van der Waals surface area contributed by atoms with Gasteiger partial charge in [-0.15, -0.1) is 0 Å². The number of anilines is 1. The molecule has 1 aliphatic rings. The van der Waals surface area contributed by atoms with Gasteiger partial charge in [-0.3, -0.25) is 14.6 Å². The lowest BCUT2D eigenvalue weighted by molar-refractivity contribution is 0.0664. The highest BCUT2D eigenvalue weighted by atomic mass is 35.5. The number of piperazine rings is 1. The molecule has 7 heteroatoms. The summed E-state index contributed by atoms with van der Waals surface area (Å²) in [6, 6.07) is 6.92. The summed E-state index contributed by atoms with van der Waals surface area (Å²) in [4.78, 5) is 33.5. The Balaban J connectivity index is 1.77. The molecule has 1 saturated heterocycles. The largest absolute Gasteiger partial charge is 0.336 e. The summed E-state index contributed by atoms with van der Waals surface area (Å²) in [6.45, 7) is 6.87. The first-order chi connectivity index (χ1) is 12.8. The van der Waals surface area contributed by atoms with Crippen molar-refractivity contribution in [3.05, 3.63) is 57.9 Å². The van der Waals surface area contributed by atoms with E-state index in [-0.39, 0.29) is 11.6 Å². The second-order valence-electron chi connectivity index (χ2n) is 6.92. The summed E-state index contributed by atoms with van der Waals surface area (Å²) < 4.78 is 0. The van der Waals surface area contributed by atoms with Crippen LogP contribution in [0.15, 0.2) is 30.5 Å². The number of carbonyl (C=O) groups is 2. The third-order valence-corrected chi connectivity index (χ3v) is 5.00. The average Bonchev–Trinajstić information content (AvgIpc) is 2.64. The van der Waals surface area contributed by atoms with Gasteiger partial charge in [-0.1, -0.05) is 17.7 Å². The first kappa shape index (κ1) is 19.3. The monoisotopic (exact) mass is 386 g/mol. The van der Waals surface area contributed by atoms with E-state index in [2.05, 4.69) is 15.2 Å². The summed E-state index contributed by atoms with van der Waals surface area (Å²) in [5.41, 5.74) is 3.11. The predicted octanol–water partition coefficient (Wildman–Crippen LogP) is 2.99. The van der Waals surface area contributed by atoms with Crippen molar-refractivity contribution in [2.24, 2.45) is 0 Å². The predicted molar refractivity (Wildman–Crippen MR) is 107 cm³/mol. The Morgan fingerprint density at radius 3 is 2.48 bits per heavy atom. The highest BCUT2D eigenvalue weighted by Gasteiger charge is 2.21. The zero-order valence-electron chi connectivity index (χ0n) is 15.8. The molecule has 27 heavy (non-hydrogen) atoms. The minimum absolute atomic E-state index is 0.0795. The van der Waals surface area contributed by atoms with Crippen LogP contribution >= 0.6 is 11.6 Å². The van der Waals surface area contributed by atoms with Crippen molar-refractivity contribution in [1.29, 1.82) is 0 Å². The van der Waals surface area contributed by atoms with Crippen LogP contribution in [-0.4, -0.2) is 59.8 Å². The van der Waals surface area contributed by atoms with Gasteiger partial charge in [-0.2, -0.15) is 0 Å². The number of hydrogen-bond acceptors (Lipinski definition) is 4. The zero-order chi connectivity index (χ0) is 19.6. The molecule has 0 radical (unpaired) electrons. The zero-order valence-corrected chi connectivity index (χ0v) is 16.5. The molecule has 0 aliphatic carbocycles. The van der Waals surface area contributed by atoms with Crippen molar-refractivity contribution in [3.8, 4) is 0 Å². The average molecular weight is 387 g/mol. The molecular weight excluding hydrogens is 364 g/mol. The minimum Gasteiger partial charge on any atom is -0.336 e. The topological polar surface area (TPSA) is 65.5 Å². The lowest BCUT2D eigenvalue weighted by Gasteiger charge is -2.32. The highest BCUT2D eigenvalue weighted by molar-refractivity contribution is 6.34. The maximum atomic E-state index is 12.7. The Morgan fingerprint density at radius 2 is 1.81 bits per heavy atom. The first-order valence-corrected chi connectivity index (χ1v) is 9.25. The number of amides is 2. The minimum atomic E-state index is -0.392. The highest BCUT2D eigenvalue weighted by Crippen LogP contribution is 2.27. The SMILES string of the molecule is Cc1cc(C)c(NC(=O)c2cc(C(=O)N3CCN(C)CC3)ccn2)c(Cl)c1. The van der Waals surface area contributed by atoms with Crippen LogP contribution in [0, 0.1) is 13.8 Å². The van der Waals surface area contributed by atoms with Crippen LogP contribution in [0.25, 0.3) is 0 Å². The molecule has 0 saturated carbocycles. The number of nitrogens with one attached hydrogen (secondary N) is 1. The van der Waals surface area contributed by atoms with Gasteiger partial charge in [0, 0.05) is 37.9 Å². The molecule has 2 aromatic rings. The Hall–Kier alpha value is -2.44. The number of benzene rings is 1. The molecule has 1 aliphatic heterocycles. The fourth-order valence-corrected chi connectivity index (χ4v) is 3.50. The lowest BCUT2D eigenvalue weighted by Crippen LogP contribution is -2.47. The molecule has 2 amide bonds. The number of pyridine rings is 1. The summed E-state index contributed by atoms with van der Waals surface area (Å²) in [5, 5.41) is 3.29. The van der Waals surface area contributed by atoms with Gasteiger partial charge in [0.25, 0.3) is 11.8 Å². The number of aryl methyl sites for hydroxylation is 2. The van der Waals surface area contributed by atoms with E-state index in [0.29, 0.717) is 29.4 Å². The lowest BCUT2D eigenvalue weighted by atomic mass is 10.1. The van der Waals surface area contributed by atoms with Crippen molar-refractivity contribution >= 4 is 29.1 Å². The normalized spacial score (nSPS) is 14.9. The fourth-order valence-electron chi connectivity index (χ4n) is 3.13. The van der Waals surface area contributed by atoms with E-state index in [4.69, 9.17) is 11.6 Å². The van der Waals surface area contributed by atoms with Gasteiger partial charge < -0.3 is 15.1 Å². The van der Waals surface area contributed by atoms with Crippen LogP contribution in [0.5, 0.6) is 0 Å². The van der Waals surface area contributed by atoms with Gasteiger partial charge in [0.05, 0.1) is 10.7 Å². The Morgan fingerprint density at radius 1 is 1.11 bits per heavy atom. The molecule has 1 fully saturated rings. The summed E-state index contributed by atoms with van der Waals surface area (Å²) in [7, 11) is 2.04. The molecule has 1 N–H and O–H groups in total. The van der Waals surface area contributed by atoms with Crippen molar-refractivity contribution in [3.63, 3.8) is 0 Å². The Labute approximate surface area is 164 Å². The molecule has 0 bridgehead atoms. The Kier molecular flexibility index (Phi) is 5.77. The van der Waals surface area contributed by atoms with E-state index in [1.54, 1.807) is 17.0 Å². The van der Waals surface area contributed by atoms with E-state index < -0.39 is 5.91 Å². The number of aromatic nitrogens is 1. The molecule has 0 atom stereocenters. The molecule has 0 spiro atoms. The molecule has 2 heterocycles. The van der Waals surface area contributed by atoms with E-state index in [1.165, 1.54) is 12.3 Å². The van der Waals surface area contributed by atoms with Crippen LogP contribution < -0.4 is 5.32 Å². The van der Waals surface area contributed by atoms with Gasteiger partial charge in [0.1, 0.15) is 5.69 Å². The van der Waals surface area contributed by atoms with Crippen LogP contribution in [-0.2, 0) is 0 Å². The van der Waals surface area contributed by atoms with E-state index in [9.17, 15) is 9.59 Å². The van der Waals surface area contributed by atoms with Gasteiger partial charge >= 0.3 is 0 Å². The standard InChI is InChI=1S/C20H23ClN4O2/c1-13-10-14(2)18(16(21)11-13)23-19(26)17-12-15(4-5-22-17)20(27)25-8-6-24(3)7-9-25/h4-5,10-12H,6-9H2,1-3H3,(H,23,26). The molecule has 1 aromatic heterocycles. The van der Waals surface area contributed by atoms with Gasteiger partial charge in [-0.05, 0) is 50.2 Å². The van der Waals surface area contributed by atoms with Crippen LogP contribution in [0.1, 0.15) is 32.0 Å².